The van der Waals surface area contributed by atoms with Crippen molar-refractivity contribution in [1.82, 2.24) is 15.3 Å². The van der Waals surface area contributed by atoms with Gasteiger partial charge >= 0.3 is 0 Å². The van der Waals surface area contributed by atoms with E-state index in [0.29, 0.717) is 0 Å². The molecule has 0 aromatic carbocycles. The highest BCUT2D eigenvalue weighted by atomic mass is 15.2. The average Bonchev–Trinajstić information content (AvgIpc) is 2.44. The summed E-state index contributed by atoms with van der Waals surface area (Å²) >= 11 is 0. The van der Waals surface area contributed by atoms with Gasteiger partial charge in [-0.05, 0) is 26.4 Å². The Morgan fingerprint density at radius 3 is 2.74 bits per heavy atom. The van der Waals surface area contributed by atoms with Crippen LogP contribution in [0.3, 0.4) is 0 Å². The average molecular weight is 265 g/mol. The van der Waals surface area contributed by atoms with Crippen LogP contribution in [0.5, 0.6) is 0 Å². The van der Waals surface area contributed by atoms with E-state index in [1.807, 2.05) is 13.1 Å². The summed E-state index contributed by atoms with van der Waals surface area (Å²) in [6.45, 7) is 5.21. The van der Waals surface area contributed by atoms with Gasteiger partial charge in [-0.3, -0.25) is 0 Å². The molecule has 1 heterocycles. The van der Waals surface area contributed by atoms with Gasteiger partial charge in [-0.1, -0.05) is 19.8 Å². The smallest absolute Gasteiger partial charge is 0.133 e. The highest BCUT2D eigenvalue weighted by Crippen LogP contribution is 2.13. The molecule has 1 rings (SSSR count). The van der Waals surface area contributed by atoms with E-state index in [0.717, 1.165) is 37.7 Å². The van der Waals surface area contributed by atoms with E-state index < -0.39 is 0 Å². The van der Waals surface area contributed by atoms with E-state index in [9.17, 15) is 0 Å². The SMILES string of the molecule is CCCCCN(C)c1cc(NCCCNC)ncn1. The van der Waals surface area contributed by atoms with Crippen LogP contribution in [0.2, 0.25) is 0 Å². The second-order valence-corrected chi connectivity index (χ2v) is 4.77. The van der Waals surface area contributed by atoms with E-state index in [-0.39, 0.29) is 0 Å². The Kier molecular flexibility index (Phi) is 7.89. The molecule has 0 atom stereocenters. The van der Waals surface area contributed by atoms with Crippen molar-refractivity contribution in [3.63, 3.8) is 0 Å². The second kappa shape index (κ2) is 9.55. The van der Waals surface area contributed by atoms with Gasteiger partial charge in [0, 0.05) is 26.2 Å². The van der Waals surface area contributed by atoms with Crippen molar-refractivity contribution >= 4 is 11.6 Å². The van der Waals surface area contributed by atoms with Crippen LogP contribution in [0.25, 0.3) is 0 Å². The molecule has 0 saturated heterocycles. The Morgan fingerprint density at radius 2 is 2.00 bits per heavy atom. The van der Waals surface area contributed by atoms with Crippen LogP contribution in [0.1, 0.15) is 32.6 Å². The maximum Gasteiger partial charge on any atom is 0.133 e. The first-order chi connectivity index (χ1) is 9.27. The molecular weight excluding hydrogens is 238 g/mol. The number of rotatable bonds is 10. The number of anilines is 2. The number of hydrogen-bond acceptors (Lipinski definition) is 5. The maximum absolute atomic E-state index is 4.32. The van der Waals surface area contributed by atoms with Gasteiger partial charge in [-0.2, -0.15) is 0 Å². The molecule has 0 radical (unpaired) electrons. The van der Waals surface area contributed by atoms with Gasteiger partial charge in [-0.25, -0.2) is 9.97 Å². The molecule has 0 aliphatic carbocycles. The molecule has 5 nitrogen and oxygen atoms in total. The molecule has 1 aromatic rings. The lowest BCUT2D eigenvalue weighted by atomic mass is 10.2. The zero-order valence-electron chi connectivity index (χ0n) is 12.4. The summed E-state index contributed by atoms with van der Waals surface area (Å²) in [5, 5.41) is 6.46. The van der Waals surface area contributed by atoms with E-state index in [2.05, 4.69) is 39.5 Å². The van der Waals surface area contributed by atoms with Gasteiger partial charge in [-0.15, -0.1) is 0 Å². The summed E-state index contributed by atoms with van der Waals surface area (Å²) in [4.78, 5) is 10.8. The predicted molar refractivity (Wildman–Crippen MR) is 81.9 cm³/mol. The quantitative estimate of drug-likeness (QED) is 0.635. The fraction of sp³-hybridized carbons (Fsp3) is 0.714. The van der Waals surface area contributed by atoms with Crippen LogP contribution in [0, 0.1) is 0 Å². The molecule has 0 aliphatic heterocycles. The molecule has 2 N–H and O–H groups in total. The van der Waals surface area contributed by atoms with Crippen molar-refractivity contribution in [2.24, 2.45) is 0 Å². The molecule has 1 aromatic heterocycles. The summed E-state index contributed by atoms with van der Waals surface area (Å²) in [7, 11) is 4.05. The lowest BCUT2D eigenvalue weighted by Crippen LogP contribution is -2.20. The van der Waals surface area contributed by atoms with Crippen LogP contribution in [-0.4, -0.2) is 43.7 Å². The first kappa shape index (κ1) is 15.7. The van der Waals surface area contributed by atoms with Gasteiger partial charge in [0.15, 0.2) is 0 Å². The first-order valence-electron chi connectivity index (χ1n) is 7.19. The zero-order valence-corrected chi connectivity index (χ0v) is 12.4. The Labute approximate surface area is 116 Å². The van der Waals surface area contributed by atoms with Crippen molar-refractivity contribution in [2.75, 3.05) is 43.9 Å². The summed E-state index contributed by atoms with van der Waals surface area (Å²) in [6.07, 6.45) is 6.44. The lowest BCUT2D eigenvalue weighted by molar-refractivity contribution is 0.700. The molecule has 5 heteroatoms. The van der Waals surface area contributed by atoms with Crippen molar-refractivity contribution in [3.8, 4) is 0 Å². The summed E-state index contributed by atoms with van der Waals surface area (Å²) in [5.74, 6) is 1.89. The van der Waals surface area contributed by atoms with Crippen molar-refractivity contribution in [2.45, 2.75) is 32.6 Å². The Morgan fingerprint density at radius 1 is 1.16 bits per heavy atom. The van der Waals surface area contributed by atoms with E-state index in [1.54, 1.807) is 6.33 Å². The fourth-order valence-corrected chi connectivity index (χ4v) is 1.85. The second-order valence-electron chi connectivity index (χ2n) is 4.77. The minimum Gasteiger partial charge on any atom is -0.370 e. The van der Waals surface area contributed by atoms with Gasteiger partial charge in [0.1, 0.15) is 18.0 Å². The first-order valence-corrected chi connectivity index (χ1v) is 7.19. The highest BCUT2D eigenvalue weighted by molar-refractivity contribution is 5.47. The predicted octanol–water partition coefficient (Wildman–Crippen LogP) is 2.12. The molecule has 19 heavy (non-hydrogen) atoms. The Hall–Kier alpha value is -1.36. The minimum absolute atomic E-state index is 0.906. The number of nitrogens with one attached hydrogen (secondary N) is 2. The monoisotopic (exact) mass is 265 g/mol. The van der Waals surface area contributed by atoms with Crippen molar-refractivity contribution in [1.29, 1.82) is 0 Å². The van der Waals surface area contributed by atoms with E-state index >= 15 is 0 Å². The number of nitrogens with zero attached hydrogens (tertiary/aromatic N) is 3. The van der Waals surface area contributed by atoms with Crippen molar-refractivity contribution < 1.29 is 0 Å². The third kappa shape index (κ3) is 6.38. The van der Waals surface area contributed by atoms with Gasteiger partial charge < -0.3 is 15.5 Å². The van der Waals surface area contributed by atoms with Crippen LogP contribution >= 0.6 is 0 Å². The molecule has 0 bridgehead atoms. The standard InChI is InChI=1S/C14H27N5/c1-4-5-6-10-19(3)14-11-13(17-12-18-14)16-9-7-8-15-2/h11-12,15H,4-10H2,1-3H3,(H,16,17,18). The number of hydrogen-bond donors (Lipinski definition) is 2. The molecule has 0 unspecified atom stereocenters. The normalized spacial score (nSPS) is 10.5. The van der Waals surface area contributed by atoms with Crippen LogP contribution in [0.4, 0.5) is 11.6 Å². The highest BCUT2D eigenvalue weighted by Gasteiger charge is 2.03. The molecule has 0 saturated carbocycles. The minimum atomic E-state index is 0.906. The summed E-state index contributed by atoms with van der Waals surface area (Å²) < 4.78 is 0. The number of unbranched alkanes of at least 4 members (excludes halogenated alkanes) is 2. The molecule has 0 amide bonds. The van der Waals surface area contributed by atoms with E-state index in [1.165, 1.54) is 19.3 Å². The number of aromatic nitrogens is 2. The van der Waals surface area contributed by atoms with E-state index in [4.69, 9.17) is 0 Å². The van der Waals surface area contributed by atoms with Crippen LogP contribution in [0.15, 0.2) is 12.4 Å². The zero-order chi connectivity index (χ0) is 13.9. The summed E-state index contributed by atoms with van der Waals surface area (Å²) in [5.41, 5.74) is 0. The molecule has 0 aliphatic rings. The Bertz CT molecular complexity index is 342. The van der Waals surface area contributed by atoms with Crippen LogP contribution in [-0.2, 0) is 0 Å². The molecular formula is C14H27N5. The maximum atomic E-state index is 4.32. The Balaban J connectivity index is 2.41. The molecule has 0 spiro atoms. The lowest BCUT2D eigenvalue weighted by Gasteiger charge is -2.18. The summed E-state index contributed by atoms with van der Waals surface area (Å²) in [6, 6.07) is 2.02. The van der Waals surface area contributed by atoms with Crippen molar-refractivity contribution in [3.05, 3.63) is 12.4 Å². The third-order valence-electron chi connectivity index (χ3n) is 3.05. The van der Waals surface area contributed by atoms with Gasteiger partial charge in [0.05, 0.1) is 0 Å². The molecule has 0 fully saturated rings. The fourth-order valence-electron chi connectivity index (χ4n) is 1.85. The largest absolute Gasteiger partial charge is 0.370 e. The van der Waals surface area contributed by atoms with Gasteiger partial charge in [0.25, 0.3) is 0 Å². The van der Waals surface area contributed by atoms with Crippen LogP contribution < -0.4 is 15.5 Å². The third-order valence-corrected chi connectivity index (χ3v) is 3.05. The topological polar surface area (TPSA) is 53.1 Å². The van der Waals surface area contributed by atoms with Gasteiger partial charge in [0.2, 0.25) is 0 Å². The molecule has 108 valence electrons.